The van der Waals surface area contributed by atoms with Crippen molar-refractivity contribution in [3.8, 4) is 0 Å². The molecule has 164 valence electrons. The minimum absolute atomic E-state index is 0.0559. The minimum atomic E-state index is -0.144. The number of aromatic nitrogens is 2. The lowest BCUT2D eigenvalue weighted by Crippen LogP contribution is -2.50. The molecule has 1 amide bonds. The highest BCUT2D eigenvalue weighted by Crippen LogP contribution is 2.41. The Balaban J connectivity index is 1.74. The molecule has 1 aromatic carbocycles. The molecule has 3 heterocycles. The van der Waals surface area contributed by atoms with Crippen molar-refractivity contribution in [3.63, 3.8) is 0 Å². The number of nitrogens with zero attached hydrogens (tertiary/aromatic N) is 4. The van der Waals surface area contributed by atoms with Crippen LogP contribution in [-0.2, 0) is 11.2 Å². The Morgan fingerprint density at radius 3 is 2.87 bits per heavy atom. The smallest absolute Gasteiger partial charge is 0.237 e. The Morgan fingerprint density at radius 1 is 1.32 bits per heavy atom. The number of carbonyl (C=O) groups is 1. The average molecular weight is 442 g/mol. The van der Waals surface area contributed by atoms with Gasteiger partial charge in [-0.3, -0.25) is 15.2 Å². The monoisotopic (exact) mass is 441 g/mol. The lowest BCUT2D eigenvalue weighted by atomic mass is 9.79. The largest absolute Gasteiger partial charge is 0.351 e. The number of hydrogen-bond donors (Lipinski definition) is 3. The van der Waals surface area contributed by atoms with Gasteiger partial charge in [-0.1, -0.05) is 23.7 Å². The van der Waals surface area contributed by atoms with Gasteiger partial charge < -0.3 is 10.2 Å². The Hall–Kier alpha value is -2.55. The molecule has 4 N–H and O–H groups in total. The molecule has 1 saturated heterocycles. The van der Waals surface area contributed by atoms with Crippen LogP contribution in [0.4, 0.5) is 11.5 Å². The second-order valence-electron chi connectivity index (χ2n) is 8.05. The van der Waals surface area contributed by atoms with Crippen molar-refractivity contribution < 1.29 is 4.79 Å². The number of amides is 1. The summed E-state index contributed by atoms with van der Waals surface area (Å²) in [7, 11) is 1.95. The molecule has 0 bridgehead atoms. The van der Waals surface area contributed by atoms with Gasteiger partial charge in [0, 0.05) is 42.1 Å². The van der Waals surface area contributed by atoms with Crippen molar-refractivity contribution in [2.45, 2.75) is 37.6 Å². The predicted octanol–water partition coefficient (Wildman–Crippen LogP) is 2.36. The Kier molecular flexibility index (Phi) is 6.80. The molecule has 2 aromatic rings. The van der Waals surface area contributed by atoms with Crippen molar-refractivity contribution >= 4 is 35.2 Å². The third kappa shape index (κ3) is 4.56. The van der Waals surface area contributed by atoms with Gasteiger partial charge in [0.1, 0.15) is 12.0 Å². The van der Waals surface area contributed by atoms with Crippen LogP contribution in [0.3, 0.4) is 0 Å². The highest BCUT2D eigenvalue weighted by atomic mass is 35.5. The van der Waals surface area contributed by atoms with Gasteiger partial charge in [-0.15, -0.1) is 0 Å². The predicted molar refractivity (Wildman–Crippen MR) is 123 cm³/mol. The van der Waals surface area contributed by atoms with E-state index < -0.39 is 0 Å². The number of nitrogens with two attached hydrogens (primary N) is 1. The van der Waals surface area contributed by atoms with Crippen molar-refractivity contribution in [2.24, 2.45) is 16.8 Å². The van der Waals surface area contributed by atoms with Gasteiger partial charge in [-0.05, 0) is 50.6 Å². The molecule has 0 saturated carbocycles. The standard InChI is InChI=1S/C22H28ClN7O/c1-25-9-6-17(14-2-4-16(23)5-3-14)19-12-15(22(31)29-24)8-11-30(19)21-20-18(7-10-26-20)27-13-28-21/h2-5,10,13,15,17,19,25H,6-9,11-12,24H2,1H3,(H,29,31). The van der Waals surface area contributed by atoms with Crippen LogP contribution in [0, 0.1) is 5.92 Å². The van der Waals surface area contributed by atoms with Gasteiger partial charge in [0.2, 0.25) is 5.91 Å². The Labute approximate surface area is 187 Å². The van der Waals surface area contributed by atoms with Crippen LogP contribution in [0.25, 0.3) is 0 Å². The van der Waals surface area contributed by atoms with Crippen molar-refractivity contribution in [1.29, 1.82) is 0 Å². The molecule has 2 aliphatic heterocycles. The van der Waals surface area contributed by atoms with Crippen LogP contribution < -0.4 is 21.5 Å². The molecule has 2 aliphatic rings. The quantitative estimate of drug-likeness (QED) is 0.346. The van der Waals surface area contributed by atoms with E-state index in [0.717, 1.165) is 36.6 Å². The SMILES string of the molecule is CNCCC(c1ccc(Cl)cc1)C1CC(C(=O)NN)CCN1c1ncnc2c1N=CC2. The molecular weight excluding hydrogens is 414 g/mol. The number of benzene rings is 1. The van der Waals surface area contributed by atoms with Gasteiger partial charge in [0.15, 0.2) is 5.82 Å². The summed E-state index contributed by atoms with van der Waals surface area (Å²) >= 11 is 6.16. The van der Waals surface area contributed by atoms with E-state index in [4.69, 9.17) is 17.4 Å². The molecule has 3 unspecified atom stereocenters. The summed E-state index contributed by atoms with van der Waals surface area (Å²) in [5.74, 6) is 6.24. The number of halogens is 1. The van der Waals surface area contributed by atoms with Gasteiger partial charge in [-0.2, -0.15) is 0 Å². The lowest BCUT2D eigenvalue weighted by Gasteiger charge is -2.44. The summed E-state index contributed by atoms with van der Waals surface area (Å²) in [6.07, 6.45) is 6.52. The van der Waals surface area contributed by atoms with E-state index in [1.807, 2.05) is 25.4 Å². The van der Waals surface area contributed by atoms with Crippen molar-refractivity contribution in [2.75, 3.05) is 25.0 Å². The van der Waals surface area contributed by atoms with Crippen molar-refractivity contribution in [1.82, 2.24) is 20.7 Å². The molecular formula is C22H28ClN7O. The van der Waals surface area contributed by atoms with E-state index in [0.29, 0.717) is 24.4 Å². The van der Waals surface area contributed by atoms with Crippen LogP contribution in [0.15, 0.2) is 35.6 Å². The lowest BCUT2D eigenvalue weighted by molar-refractivity contribution is -0.126. The van der Waals surface area contributed by atoms with Crippen LogP contribution in [0.1, 0.15) is 36.4 Å². The van der Waals surface area contributed by atoms with Crippen LogP contribution >= 0.6 is 11.6 Å². The number of carbonyl (C=O) groups excluding carboxylic acids is 1. The number of aliphatic imine (C=N–C) groups is 1. The molecule has 31 heavy (non-hydrogen) atoms. The highest BCUT2D eigenvalue weighted by molar-refractivity contribution is 6.30. The van der Waals surface area contributed by atoms with Crippen molar-refractivity contribution in [3.05, 3.63) is 46.9 Å². The molecule has 3 atom stereocenters. The van der Waals surface area contributed by atoms with Gasteiger partial charge >= 0.3 is 0 Å². The fourth-order valence-corrected chi connectivity index (χ4v) is 4.83. The average Bonchev–Trinajstić information content (AvgIpc) is 3.29. The fourth-order valence-electron chi connectivity index (χ4n) is 4.71. The summed E-state index contributed by atoms with van der Waals surface area (Å²) < 4.78 is 0. The molecule has 0 aliphatic carbocycles. The normalized spacial score (nSPS) is 21.1. The van der Waals surface area contributed by atoms with E-state index in [1.165, 1.54) is 5.56 Å². The van der Waals surface area contributed by atoms with Crippen LogP contribution in [0.2, 0.25) is 5.02 Å². The van der Waals surface area contributed by atoms with E-state index in [1.54, 1.807) is 6.33 Å². The first-order chi connectivity index (χ1) is 15.1. The second-order valence-corrected chi connectivity index (χ2v) is 8.49. The Bertz CT molecular complexity index is 949. The maximum atomic E-state index is 12.4. The van der Waals surface area contributed by atoms with Gasteiger partial charge in [0.05, 0.1) is 5.69 Å². The third-order valence-electron chi connectivity index (χ3n) is 6.28. The summed E-state index contributed by atoms with van der Waals surface area (Å²) in [5.41, 5.74) is 5.33. The molecule has 1 fully saturated rings. The maximum absolute atomic E-state index is 12.4. The second kappa shape index (κ2) is 9.72. The van der Waals surface area contributed by atoms with Crippen LogP contribution in [0.5, 0.6) is 0 Å². The van der Waals surface area contributed by atoms with Crippen LogP contribution in [-0.4, -0.2) is 48.3 Å². The van der Waals surface area contributed by atoms with E-state index >= 15 is 0 Å². The minimum Gasteiger partial charge on any atom is -0.351 e. The maximum Gasteiger partial charge on any atom is 0.237 e. The van der Waals surface area contributed by atoms with Gasteiger partial charge in [0.25, 0.3) is 0 Å². The summed E-state index contributed by atoms with van der Waals surface area (Å²) in [6, 6.07) is 8.06. The number of hydrogen-bond acceptors (Lipinski definition) is 7. The number of fused-ring (bicyclic) bond motifs is 1. The zero-order chi connectivity index (χ0) is 21.8. The summed E-state index contributed by atoms with van der Waals surface area (Å²) in [5, 5.41) is 3.98. The van der Waals surface area contributed by atoms with Gasteiger partial charge in [-0.25, -0.2) is 15.8 Å². The highest BCUT2D eigenvalue weighted by Gasteiger charge is 2.39. The molecule has 0 spiro atoms. The fraction of sp³-hybridized carbons (Fsp3) is 0.455. The zero-order valence-corrected chi connectivity index (χ0v) is 18.3. The molecule has 9 heteroatoms. The Morgan fingerprint density at radius 2 is 2.13 bits per heavy atom. The first-order valence-electron chi connectivity index (χ1n) is 10.7. The zero-order valence-electron chi connectivity index (χ0n) is 17.6. The van der Waals surface area contributed by atoms with E-state index in [-0.39, 0.29) is 23.8 Å². The molecule has 0 radical (unpaired) electrons. The summed E-state index contributed by atoms with van der Waals surface area (Å²) in [4.78, 5) is 28.3. The number of piperidine rings is 1. The number of anilines is 1. The molecule has 8 nitrogen and oxygen atoms in total. The summed E-state index contributed by atoms with van der Waals surface area (Å²) in [6.45, 7) is 1.55. The number of nitrogens with one attached hydrogen (secondary N) is 2. The topological polar surface area (TPSA) is 109 Å². The number of rotatable bonds is 7. The first kappa shape index (κ1) is 21.7. The van der Waals surface area contributed by atoms with E-state index in [2.05, 4.69) is 42.7 Å². The number of hydrazine groups is 1. The first-order valence-corrected chi connectivity index (χ1v) is 11.0. The molecule has 4 rings (SSSR count). The van der Waals surface area contributed by atoms with E-state index in [9.17, 15) is 4.79 Å². The molecule has 1 aromatic heterocycles. The third-order valence-corrected chi connectivity index (χ3v) is 6.53.